The third-order valence-corrected chi connectivity index (χ3v) is 1.63. The van der Waals surface area contributed by atoms with Crippen molar-refractivity contribution in [1.82, 2.24) is 19.9 Å². The summed E-state index contributed by atoms with van der Waals surface area (Å²) in [5, 5.41) is 1.63. The molecule has 0 saturated heterocycles. The van der Waals surface area contributed by atoms with Crippen molar-refractivity contribution in [2.45, 2.75) is 0 Å². The van der Waals surface area contributed by atoms with Crippen LogP contribution >= 0.6 is 12.6 Å². The van der Waals surface area contributed by atoms with Crippen molar-refractivity contribution in [2.75, 3.05) is 5.32 Å². The largest absolute Gasteiger partial charge is 0.329 e. The van der Waals surface area contributed by atoms with Gasteiger partial charge in [0, 0.05) is 0 Å². The van der Waals surface area contributed by atoms with Crippen LogP contribution in [0.5, 0.6) is 0 Å². The number of rotatable bonds is 1. The summed E-state index contributed by atoms with van der Waals surface area (Å²) in [6.45, 7) is 0. The molecular weight excluding hydrogens is 206 g/mol. The number of thiol groups is 1. The van der Waals surface area contributed by atoms with E-state index < -0.39 is 10.8 Å². The molecule has 3 N–H and O–H groups in total. The SMILES string of the molecule is O=C(S)Nc1nc2[nH]cnc2c(=O)[nH]1. The molecule has 0 aliphatic rings. The monoisotopic (exact) mass is 211 g/mol. The van der Waals surface area contributed by atoms with E-state index in [1.165, 1.54) is 6.33 Å². The molecule has 0 fully saturated rings. The highest BCUT2D eigenvalue weighted by molar-refractivity contribution is 7.96. The van der Waals surface area contributed by atoms with Crippen molar-refractivity contribution in [3.05, 3.63) is 16.7 Å². The third-order valence-electron chi connectivity index (χ3n) is 1.52. The lowest BCUT2D eigenvalue weighted by atomic mass is 10.5. The first kappa shape index (κ1) is 8.75. The second kappa shape index (κ2) is 3.14. The summed E-state index contributed by atoms with van der Waals surface area (Å²) in [5.41, 5.74) is 0.0846. The summed E-state index contributed by atoms with van der Waals surface area (Å²) in [6.07, 6.45) is 1.35. The fourth-order valence-electron chi connectivity index (χ4n) is 1.01. The van der Waals surface area contributed by atoms with Crippen LogP contribution in [-0.2, 0) is 0 Å². The van der Waals surface area contributed by atoms with Crippen molar-refractivity contribution in [3.8, 4) is 0 Å². The average molecular weight is 211 g/mol. The molecule has 72 valence electrons. The minimum atomic E-state index is -0.605. The van der Waals surface area contributed by atoms with E-state index in [1.807, 2.05) is 0 Å². The molecule has 0 aliphatic heterocycles. The van der Waals surface area contributed by atoms with Crippen LogP contribution in [0.2, 0.25) is 0 Å². The Kier molecular flexibility index (Phi) is 1.97. The molecule has 14 heavy (non-hydrogen) atoms. The Morgan fingerprint density at radius 1 is 1.57 bits per heavy atom. The summed E-state index contributed by atoms with van der Waals surface area (Å²) in [7, 11) is 0. The quantitative estimate of drug-likeness (QED) is 0.502. The Labute approximate surface area is 82.4 Å². The zero-order valence-electron chi connectivity index (χ0n) is 6.74. The number of carbonyl (C=O) groups excluding carboxylic acids is 1. The lowest BCUT2D eigenvalue weighted by molar-refractivity contribution is 0.270. The van der Waals surface area contributed by atoms with Gasteiger partial charge in [0.1, 0.15) is 0 Å². The molecule has 0 saturated carbocycles. The molecule has 0 bridgehead atoms. The molecule has 0 spiro atoms. The van der Waals surface area contributed by atoms with Gasteiger partial charge < -0.3 is 4.98 Å². The first-order chi connectivity index (χ1) is 6.66. The number of anilines is 1. The van der Waals surface area contributed by atoms with E-state index in [4.69, 9.17) is 0 Å². The maximum Gasteiger partial charge on any atom is 0.282 e. The van der Waals surface area contributed by atoms with Gasteiger partial charge in [-0.15, -0.1) is 0 Å². The zero-order chi connectivity index (χ0) is 10.1. The Bertz CT molecular complexity index is 544. The smallest absolute Gasteiger partial charge is 0.282 e. The maximum atomic E-state index is 11.3. The predicted molar refractivity (Wildman–Crippen MR) is 52.5 cm³/mol. The second-order valence-electron chi connectivity index (χ2n) is 2.44. The Morgan fingerprint density at radius 2 is 2.36 bits per heavy atom. The van der Waals surface area contributed by atoms with Gasteiger partial charge in [0.05, 0.1) is 6.33 Å². The van der Waals surface area contributed by atoms with Gasteiger partial charge in [0.15, 0.2) is 11.2 Å². The van der Waals surface area contributed by atoms with Crippen molar-refractivity contribution in [3.63, 3.8) is 0 Å². The molecule has 2 heterocycles. The number of fused-ring (bicyclic) bond motifs is 1. The highest BCUT2D eigenvalue weighted by Crippen LogP contribution is 2.03. The van der Waals surface area contributed by atoms with Crippen LogP contribution in [0.15, 0.2) is 11.1 Å². The molecule has 0 unspecified atom stereocenters. The highest BCUT2D eigenvalue weighted by atomic mass is 32.1. The van der Waals surface area contributed by atoms with Crippen LogP contribution < -0.4 is 10.9 Å². The van der Waals surface area contributed by atoms with Crippen molar-refractivity contribution in [1.29, 1.82) is 0 Å². The maximum absolute atomic E-state index is 11.3. The molecule has 0 aliphatic carbocycles. The molecular formula is C6H5N5O2S. The number of amides is 1. The van der Waals surface area contributed by atoms with Gasteiger partial charge in [-0.3, -0.25) is 19.9 Å². The first-order valence-corrected chi connectivity index (χ1v) is 4.05. The minimum Gasteiger partial charge on any atom is -0.329 e. The number of hydrogen-bond donors (Lipinski definition) is 4. The van der Waals surface area contributed by atoms with Crippen LogP contribution in [-0.4, -0.2) is 25.2 Å². The number of carbonyl (C=O) groups is 1. The average Bonchev–Trinajstić information content (AvgIpc) is 2.50. The van der Waals surface area contributed by atoms with E-state index >= 15 is 0 Å². The Balaban J connectivity index is 2.58. The number of nitrogens with zero attached hydrogens (tertiary/aromatic N) is 2. The number of imidazole rings is 1. The van der Waals surface area contributed by atoms with Crippen LogP contribution in [0.25, 0.3) is 11.2 Å². The van der Waals surface area contributed by atoms with Gasteiger partial charge in [0.2, 0.25) is 5.95 Å². The molecule has 8 heteroatoms. The van der Waals surface area contributed by atoms with E-state index in [0.29, 0.717) is 5.65 Å². The number of aromatic amines is 2. The van der Waals surface area contributed by atoms with E-state index in [0.717, 1.165) is 0 Å². The molecule has 0 atom stereocenters. The van der Waals surface area contributed by atoms with Gasteiger partial charge in [-0.25, -0.2) is 4.98 Å². The third kappa shape index (κ3) is 1.46. The fourth-order valence-corrected chi connectivity index (χ4v) is 1.11. The minimum absolute atomic E-state index is 0.0340. The Hall–Kier alpha value is -1.83. The topological polar surface area (TPSA) is 104 Å². The van der Waals surface area contributed by atoms with Crippen molar-refractivity contribution < 1.29 is 4.79 Å². The number of H-pyrrole nitrogens is 2. The molecule has 1 amide bonds. The molecule has 2 rings (SSSR count). The Morgan fingerprint density at radius 3 is 3.07 bits per heavy atom. The second-order valence-corrected chi connectivity index (χ2v) is 2.85. The van der Waals surface area contributed by atoms with Gasteiger partial charge in [-0.05, 0) is 0 Å². The number of hydrogen-bond acceptors (Lipinski definition) is 4. The highest BCUT2D eigenvalue weighted by Gasteiger charge is 2.06. The predicted octanol–water partition coefficient (Wildman–Crippen LogP) is 0.108. The lowest BCUT2D eigenvalue weighted by Gasteiger charge is -1.98. The van der Waals surface area contributed by atoms with Gasteiger partial charge in [-0.2, -0.15) is 4.98 Å². The first-order valence-electron chi connectivity index (χ1n) is 3.60. The molecule has 0 aromatic carbocycles. The summed E-state index contributed by atoms with van der Waals surface area (Å²) < 4.78 is 0. The zero-order valence-corrected chi connectivity index (χ0v) is 7.63. The fraction of sp³-hybridized carbons (Fsp3) is 0. The van der Waals surface area contributed by atoms with E-state index in [1.54, 1.807) is 0 Å². The van der Waals surface area contributed by atoms with Crippen molar-refractivity contribution in [2.24, 2.45) is 0 Å². The summed E-state index contributed by atoms with van der Waals surface area (Å²) in [4.78, 5) is 34.5. The van der Waals surface area contributed by atoms with Crippen LogP contribution in [0, 0.1) is 0 Å². The molecule has 7 nitrogen and oxygen atoms in total. The van der Waals surface area contributed by atoms with Crippen LogP contribution in [0.3, 0.4) is 0 Å². The standard InChI is InChI=1S/C6H5N5O2S/c12-4-2-3(8-1-7-2)9-5(10-4)11-6(13)14/h1H,(H4,7,8,9,10,11,12,13,14). The summed E-state index contributed by atoms with van der Waals surface area (Å²) >= 11 is 3.48. The van der Waals surface area contributed by atoms with Crippen LogP contribution in [0.4, 0.5) is 10.7 Å². The van der Waals surface area contributed by atoms with E-state index in [-0.39, 0.29) is 11.5 Å². The molecule has 2 aromatic heterocycles. The molecule has 2 aromatic rings. The van der Waals surface area contributed by atoms with Gasteiger partial charge in [-0.1, -0.05) is 12.6 Å². The molecule has 0 radical (unpaired) electrons. The van der Waals surface area contributed by atoms with E-state index in [9.17, 15) is 9.59 Å². The number of aromatic nitrogens is 4. The van der Waals surface area contributed by atoms with Crippen LogP contribution in [0.1, 0.15) is 0 Å². The number of nitrogens with one attached hydrogen (secondary N) is 3. The summed E-state index contributed by atoms with van der Waals surface area (Å²) in [5.74, 6) is 0.0340. The summed E-state index contributed by atoms with van der Waals surface area (Å²) in [6, 6.07) is 0. The van der Waals surface area contributed by atoms with E-state index in [2.05, 4.69) is 37.9 Å². The van der Waals surface area contributed by atoms with Gasteiger partial charge in [0.25, 0.3) is 10.8 Å². The lowest BCUT2D eigenvalue weighted by Crippen LogP contribution is -2.14. The normalized spacial score (nSPS) is 10.4. The van der Waals surface area contributed by atoms with Crippen molar-refractivity contribution >= 4 is 35.0 Å². The van der Waals surface area contributed by atoms with Gasteiger partial charge >= 0.3 is 0 Å².